The number of hydrogen-bond acceptors (Lipinski definition) is 7. The molecule has 0 spiro atoms. The van der Waals surface area contributed by atoms with E-state index in [9.17, 15) is 4.79 Å². The molecule has 2 aromatic heterocycles. The van der Waals surface area contributed by atoms with Gasteiger partial charge in [0.25, 0.3) is 5.89 Å². The second kappa shape index (κ2) is 8.64. The van der Waals surface area contributed by atoms with E-state index in [0.717, 1.165) is 16.9 Å². The predicted octanol–water partition coefficient (Wildman–Crippen LogP) is 5.01. The van der Waals surface area contributed by atoms with E-state index >= 15 is 0 Å². The van der Waals surface area contributed by atoms with Gasteiger partial charge in [-0.3, -0.25) is 4.79 Å². The average Bonchev–Trinajstić information content (AvgIpc) is 3.36. The third-order valence-electron chi connectivity index (χ3n) is 4.29. The lowest BCUT2D eigenvalue weighted by atomic mass is 10.1. The molecule has 30 heavy (non-hydrogen) atoms. The van der Waals surface area contributed by atoms with Gasteiger partial charge in [-0.25, -0.2) is 4.98 Å². The van der Waals surface area contributed by atoms with Gasteiger partial charge in [0.2, 0.25) is 11.7 Å². The number of anilines is 1. The van der Waals surface area contributed by atoms with Crippen LogP contribution in [0.4, 0.5) is 5.13 Å². The molecule has 4 rings (SSSR count). The monoisotopic (exact) mass is 440 g/mol. The highest BCUT2D eigenvalue weighted by molar-refractivity contribution is 7.19. The zero-order chi connectivity index (χ0) is 21.1. The van der Waals surface area contributed by atoms with Gasteiger partial charge in [-0.1, -0.05) is 40.2 Å². The molecular weight excluding hydrogens is 424 g/mol. The summed E-state index contributed by atoms with van der Waals surface area (Å²) >= 11 is 7.16. The first-order valence-corrected chi connectivity index (χ1v) is 10.2. The SMILES string of the molecule is COc1ccc(-c2noc(-c3sc(NC(=O)Cc4ccc(Cl)cc4)nc3C)n2)cc1. The maximum atomic E-state index is 12.3. The number of hydrogen-bond donors (Lipinski definition) is 1. The fourth-order valence-corrected chi connectivity index (χ4v) is 3.80. The zero-order valence-electron chi connectivity index (χ0n) is 16.2. The van der Waals surface area contributed by atoms with Crippen molar-refractivity contribution < 1.29 is 14.1 Å². The molecular formula is C21H17ClN4O3S. The van der Waals surface area contributed by atoms with Crippen LogP contribution in [0.5, 0.6) is 5.75 Å². The first kappa shape index (κ1) is 20.1. The molecule has 1 amide bonds. The van der Waals surface area contributed by atoms with Gasteiger partial charge >= 0.3 is 0 Å². The lowest BCUT2D eigenvalue weighted by molar-refractivity contribution is -0.115. The molecule has 0 bridgehead atoms. The highest BCUT2D eigenvalue weighted by Crippen LogP contribution is 2.33. The van der Waals surface area contributed by atoms with Gasteiger partial charge in [0.15, 0.2) is 5.13 Å². The highest BCUT2D eigenvalue weighted by Gasteiger charge is 2.18. The van der Waals surface area contributed by atoms with Gasteiger partial charge in [0.05, 0.1) is 19.2 Å². The summed E-state index contributed by atoms with van der Waals surface area (Å²) in [7, 11) is 1.61. The summed E-state index contributed by atoms with van der Waals surface area (Å²) in [6, 6.07) is 14.5. The molecule has 0 unspecified atom stereocenters. The third kappa shape index (κ3) is 4.50. The lowest BCUT2D eigenvalue weighted by Gasteiger charge is -2.02. The van der Waals surface area contributed by atoms with E-state index in [1.807, 2.05) is 43.3 Å². The van der Waals surface area contributed by atoms with Crippen LogP contribution in [0, 0.1) is 6.92 Å². The van der Waals surface area contributed by atoms with Crippen molar-refractivity contribution in [2.45, 2.75) is 13.3 Å². The fourth-order valence-electron chi connectivity index (χ4n) is 2.77. The quantitative estimate of drug-likeness (QED) is 0.453. The van der Waals surface area contributed by atoms with Crippen LogP contribution in [0.3, 0.4) is 0 Å². The molecule has 0 radical (unpaired) electrons. The van der Waals surface area contributed by atoms with Gasteiger partial charge in [0, 0.05) is 10.6 Å². The number of methoxy groups -OCH3 is 1. The standard InChI is InChI=1S/C21H17ClN4O3S/c1-12-18(20-25-19(26-29-20)14-5-9-16(28-2)10-6-14)30-21(23-12)24-17(27)11-13-3-7-15(22)8-4-13/h3-10H,11H2,1-2H3,(H,23,24,27). The number of carbonyl (C=O) groups is 1. The van der Waals surface area contributed by atoms with E-state index in [4.69, 9.17) is 20.9 Å². The van der Waals surface area contributed by atoms with Gasteiger partial charge in [-0.05, 0) is 48.9 Å². The molecule has 2 aromatic carbocycles. The zero-order valence-corrected chi connectivity index (χ0v) is 17.8. The molecule has 7 nitrogen and oxygen atoms in total. The van der Waals surface area contributed by atoms with E-state index in [1.165, 1.54) is 11.3 Å². The molecule has 0 aliphatic rings. The topological polar surface area (TPSA) is 90.1 Å². The summed E-state index contributed by atoms with van der Waals surface area (Å²) in [6.07, 6.45) is 0.229. The molecule has 9 heteroatoms. The second-order valence-electron chi connectivity index (χ2n) is 6.44. The van der Waals surface area contributed by atoms with Crippen LogP contribution < -0.4 is 10.1 Å². The van der Waals surface area contributed by atoms with E-state index < -0.39 is 0 Å². The number of aromatic nitrogens is 3. The fraction of sp³-hybridized carbons (Fsp3) is 0.143. The normalized spacial score (nSPS) is 10.8. The van der Waals surface area contributed by atoms with Gasteiger partial charge in [-0.15, -0.1) is 0 Å². The van der Waals surface area contributed by atoms with Crippen molar-refractivity contribution in [3.63, 3.8) is 0 Å². The first-order chi connectivity index (χ1) is 14.5. The van der Waals surface area contributed by atoms with Crippen LogP contribution >= 0.6 is 22.9 Å². The summed E-state index contributed by atoms with van der Waals surface area (Å²) in [6.45, 7) is 1.83. The van der Waals surface area contributed by atoms with Crippen molar-refractivity contribution >= 4 is 34.0 Å². The van der Waals surface area contributed by atoms with E-state index in [1.54, 1.807) is 19.2 Å². The number of rotatable bonds is 6. The average molecular weight is 441 g/mol. The molecule has 4 aromatic rings. The Kier molecular flexibility index (Phi) is 5.78. The molecule has 0 aliphatic heterocycles. The predicted molar refractivity (Wildman–Crippen MR) is 116 cm³/mol. The molecule has 152 valence electrons. The van der Waals surface area contributed by atoms with Gasteiger partial charge in [0.1, 0.15) is 10.6 Å². The van der Waals surface area contributed by atoms with Crippen LogP contribution in [0.25, 0.3) is 22.2 Å². The largest absolute Gasteiger partial charge is 0.497 e. The van der Waals surface area contributed by atoms with Gasteiger partial charge in [-0.2, -0.15) is 4.98 Å². The summed E-state index contributed by atoms with van der Waals surface area (Å²) in [5.41, 5.74) is 2.38. The molecule has 0 saturated heterocycles. The summed E-state index contributed by atoms with van der Waals surface area (Å²) < 4.78 is 10.6. The van der Waals surface area contributed by atoms with Crippen molar-refractivity contribution in [1.29, 1.82) is 0 Å². The molecule has 2 heterocycles. The molecule has 0 aliphatic carbocycles. The minimum Gasteiger partial charge on any atom is -0.497 e. The highest BCUT2D eigenvalue weighted by atomic mass is 35.5. The molecule has 1 N–H and O–H groups in total. The van der Waals surface area contributed by atoms with E-state index in [-0.39, 0.29) is 12.3 Å². The Morgan fingerprint density at radius 3 is 2.57 bits per heavy atom. The third-order valence-corrected chi connectivity index (χ3v) is 5.60. The Morgan fingerprint density at radius 1 is 1.13 bits per heavy atom. The van der Waals surface area contributed by atoms with Crippen LogP contribution in [0.1, 0.15) is 11.3 Å². The number of thiazole rings is 1. The number of nitrogens with one attached hydrogen (secondary N) is 1. The Balaban J connectivity index is 1.47. The second-order valence-corrected chi connectivity index (χ2v) is 7.87. The maximum absolute atomic E-state index is 12.3. The van der Waals surface area contributed by atoms with Crippen LogP contribution in [-0.4, -0.2) is 28.1 Å². The van der Waals surface area contributed by atoms with Crippen molar-refractivity contribution in [2.75, 3.05) is 12.4 Å². The summed E-state index contributed by atoms with van der Waals surface area (Å²) in [5.74, 6) is 1.41. The number of halogens is 1. The van der Waals surface area contributed by atoms with Crippen LogP contribution in [-0.2, 0) is 11.2 Å². The van der Waals surface area contributed by atoms with Crippen LogP contribution in [0.15, 0.2) is 53.1 Å². The van der Waals surface area contributed by atoms with Crippen molar-refractivity contribution in [1.82, 2.24) is 15.1 Å². The smallest absolute Gasteiger partial charge is 0.270 e. The minimum absolute atomic E-state index is 0.165. The summed E-state index contributed by atoms with van der Waals surface area (Å²) in [4.78, 5) is 21.9. The van der Waals surface area contributed by atoms with Crippen molar-refractivity contribution in [2.24, 2.45) is 0 Å². The molecule has 0 saturated carbocycles. The molecule has 0 atom stereocenters. The maximum Gasteiger partial charge on any atom is 0.270 e. The number of nitrogens with zero attached hydrogens (tertiary/aromatic N) is 3. The number of amides is 1. The number of carbonyl (C=O) groups excluding carboxylic acids is 1. The number of ether oxygens (including phenoxy) is 1. The van der Waals surface area contributed by atoms with Gasteiger partial charge < -0.3 is 14.6 Å². The van der Waals surface area contributed by atoms with E-state index in [2.05, 4.69) is 20.4 Å². The lowest BCUT2D eigenvalue weighted by Crippen LogP contribution is -2.14. The Bertz CT molecular complexity index is 1170. The Hall–Kier alpha value is -3.23. The number of aryl methyl sites for hydroxylation is 1. The summed E-state index contributed by atoms with van der Waals surface area (Å²) in [5, 5.41) is 7.98. The minimum atomic E-state index is -0.165. The van der Waals surface area contributed by atoms with E-state index in [0.29, 0.717) is 32.4 Å². The van der Waals surface area contributed by atoms with Crippen molar-refractivity contribution in [3.8, 4) is 27.9 Å². The Morgan fingerprint density at radius 2 is 1.87 bits per heavy atom. The molecule has 0 fully saturated rings. The first-order valence-electron chi connectivity index (χ1n) is 9.02. The Labute approximate surface area is 181 Å². The number of benzene rings is 2. The van der Waals surface area contributed by atoms with Crippen molar-refractivity contribution in [3.05, 3.63) is 64.8 Å². The van der Waals surface area contributed by atoms with Crippen LogP contribution in [0.2, 0.25) is 5.02 Å².